The fraction of sp³-hybridized carbons (Fsp3) is 0.636. The molecule has 1 saturated heterocycles. The fourth-order valence-corrected chi connectivity index (χ4v) is 3.17. The Labute approximate surface area is 110 Å². The van der Waals surface area contributed by atoms with Gasteiger partial charge in [-0.1, -0.05) is 11.8 Å². The van der Waals surface area contributed by atoms with Gasteiger partial charge in [0.1, 0.15) is 10.8 Å². The average Bonchev–Trinajstić information content (AvgIpc) is 2.39. The summed E-state index contributed by atoms with van der Waals surface area (Å²) in [5, 5.41) is 5.58. The van der Waals surface area contributed by atoms with E-state index in [-0.39, 0.29) is 0 Å². The van der Waals surface area contributed by atoms with Gasteiger partial charge < -0.3 is 10.1 Å². The minimum Gasteiger partial charge on any atom is -0.381 e. The van der Waals surface area contributed by atoms with Crippen LogP contribution in [0, 0.1) is 0 Å². The maximum Gasteiger partial charge on any atom is 0.190 e. The van der Waals surface area contributed by atoms with Gasteiger partial charge in [-0.05, 0) is 19.1 Å². The van der Waals surface area contributed by atoms with E-state index in [1.165, 1.54) is 0 Å². The van der Waals surface area contributed by atoms with Gasteiger partial charge in [0.25, 0.3) is 0 Å². The molecule has 94 valence electrons. The highest BCUT2D eigenvalue weighted by atomic mass is 32.2. The van der Waals surface area contributed by atoms with Gasteiger partial charge in [-0.3, -0.25) is 0 Å². The van der Waals surface area contributed by atoms with Crippen molar-refractivity contribution < 1.29 is 4.74 Å². The smallest absolute Gasteiger partial charge is 0.190 e. The summed E-state index contributed by atoms with van der Waals surface area (Å²) >= 11 is 3.41. The molecule has 2 rings (SSSR count). The average molecular weight is 271 g/mol. The van der Waals surface area contributed by atoms with Crippen LogP contribution in [0.15, 0.2) is 16.2 Å². The van der Waals surface area contributed by atoms with Crippen molar-refractivity contribution in [2.75, 3.05) is 31.8 Å². The third-order valence-corrected chi connectivity index (χ3v) is 4.38. The highest BCUT2D eigenvalue weighted by molar-refractivity contribution is 8.00. The zero-order valence-electron chi connectivity index (χ0n) is 10.1. The van der Waals surface area contributed by atoms with Crippen LogP contribution in [-0.4, -0.2) is 41.7 Å². The molecule has 4 nitrogen and oxygen atoms in total. The lowest BCUT2D eigenvalue weighted by molar-refractivity contribution is 0.1000. The van der Waals surface area contributed by atoms with Crippen molar-refractivity contribution in [2.24, 2.45) is 0 Å². The number of ether oxygens (including phenoxy) is 1. The summed E-state index contributed by atoms with van der Waals surface area (Å²) in [6.07, 6.45) is 4.22. The second-order valence-corrected chi connectivity index (χ2v) is 5.85. The van der Waals surface area contributed by atoms with Gasteiger partial charge in [0.15, 0.2) is 5.16 Å². The van der Waals surface area contributed by atoms with Crippen LogP contribution in [-0.2, 0) is 4.74 Å². The number of rotatable bonds is 4. The van der Waals surface area contributed by atoms with Gasteiger partial charge in [0.05, 0.1) is 0 Å². The van der Waals surface area contributed by atoms with Crippen LogP contribution in [0.4, 0.5) is 5.82 Å². The summed E-state index contributed by atoms with van der Waals surface area (Å²) in [6.45, 7) is 1.74. The highest BCUT2D eigenvalue weighted by Gasteiger charge is 2.16. The lowest BCUT2D eigenvalue weighted by atomic mass is 10.2. The van der Waals surface area contributed by atoms with Crippen LogP contribution >= 0.6 is 23.5 Å². The van der Waals surface area contributed by atoms with Crippen molar-refractivity contribution in [3.05, 3.63) is 6.07 Å². The molecule has 0 unspecified atom stereocenters. The molecule has 0 spiro atoms. The molecule has 6 heteroatoms. The molecule has 0 amide bonds. The first kappa shape index (κ1) is 13.0. The first-order chi connectivity index (χ1) is 8.31. The quantitative estimate of drug-likeness (QED) is 0.516. The molecule has 1 N–H and O–H groups in total. The Hall–Kier alpha value is -0.460. The topological polar surface area (TPSA) is 47.0 Å². The number of hydrogen-bond donors (Lipinski definition) is 1. The molecule has 1 aliphatic rings. The van der Waals surface area contributed by atoms with Gasteiger partial charge in [-0.15, -0.1) is 11.8 Å². The van der Waals surface area contributed by atoms with Crippen LogP contribution in [0.5, 0.6) is 0 Å². The van der Waals surface area contributed by atoms with Crippen molar-refractivity contribution in [2.45, 2.75) is 28.3 Å². The van der Waals surface area contributed by atoms with E-state index >= 15 is 0 Å². The molecule has 1 aromatic rings. The molecule has 0 aromatic carbocycles. The van der Waals surface area contributed by atoms with Crippen LogP contribution in [0.2, 0.25) is 0 Å². The first-order valence-electron chi connectivity index (χ1n) is 5.67. The summed E-state index contributed by atoms with van der Waals surface area (Å²) in [5.74, 6) is 0.888. The number of thioether (sulfide) groups is 2. The second kappa shape index (κ2) is 6.47. The predicted octanol–water partition coefficient (Wildman–Crippen LogP) is 2.51. The molecule has 1 aromatic heterocycles. The van der Waals surface area contributed by atoms with E-state index < -0.39 is 0 Å². The third-order valence-electron chi connectivity index (χ3n) is 2.58. The zero-order chi connectivity index (χ0) is 12.1. The SMILES string of the molecule is CNc1cc(SC2CCOCC2)nc(SC)n1. The Bertz CT molecular complexity index is 347. The van der Waals surface area contributed by atoms with E-state index in [1.807, 2.05) is 31.1 Å². The van der Waals surface area contributed by atoms with E-state index in [0.29, 0.717) is 5.25 Å². The van der Waals surface area contributed by atoms with Crippen molar-refractivity contribution in [3.8, 4) is 0 Å². The number of hydrogen-bond acceptors (Lipinski definition) is 6. The van der Waals surface area contributed by atoms with E-state index in [4.69, 9.17) is 4.74 Å². The summed E-state index contributed by atoms with van der Waals surface area (Å²) in [4.78, 5) is 8.89. The van der Waals surface area contributed by atoms with Crippen molar-refractivity contribution in [3.63, 3.8) is 0 Å². The molecule has 0 atom stereocenters. The molecule has 2 heterocycles. The molecular weight excluding hydrogens is 254 g/mol. The standard InChI is InChI=1S/C11H17N3OS2/c1-12-9-7-10(14-11(13-9)16-2)17-8-3-5-15-6-4-8/h7-8H,3-6H2,1-2H3,(H,12,13,14). The highest BCUT2D eigenvalue weighted by Crippen LogP contribution is 2.30. The Morgan fingerprint density at radius 3 is 2.76 bits per heavy atom. The first-order valence-corrected chi connectivity index (χ1v) is 7.77. The van der Waals surface area contributed by atoms with Crippen LogP contribution < -0.4 is 5.32 Å². The number of nitrogens with one attached hydrogen (secondary N) is 1. The normalized spacial score (nSPS) is 17.1. The summed E-state index contributed by atoms with van der Waals surface area (Å²) in [7, 11) is 1.88. The zero-order valence-corrected chi connectivity index (χ0v) is 11.7. The van der Waals surface area contributed by atoms with Gasteiger partial charge >= 0.3 is 0 Å². The van der Waals surface area contributed by atoms with Crippen LogP contribution in [0.3, 0.4) is 0 Å². The van der Waals surface area contributed by atoms with Crippen molar-refractivity contribution in [1.29, 1.82) is 0 Å². The summed E-state index contributed by atoms with van der Waals surface area (Å²) in [6, 6.07) is 2.01. The minimum atomic E-state index is 0.623. The Morgan fingerprint density at radius 2 is 2.12 bits per heavy atom. The maximum atomic E-state index is 5.36. The Morgan fingerprint density at radius 1 is 1.35 bits per heavy atom. The lowest BCUT2D eigenvalue weighted by Crippen LogP contribution is -2.17. The molecule has 0 radical (unpaired) electrons. The molecule has 0 bridgehead atoms. The lowest BCUT2D eigenvalue weighted by Gasteiger charge is -2.21. The molecule has 0 saturated carbocycles. The molecule has 0 aliphatic carbocycles. The minimum absolute atomic E-state index is 0.623. The molecular formula is C11H17N3OS2. The van der Waals surface area contributed by atoms with Crippen molar-refractivity contribution >= 4 is 29.3 Å². The third kappa shape index (κ3) is 3.76. The Balaban J connectivity index is 2.07. The monoisotopic (exact) mass is 271 g/mol. The van der Waals surface area contributed by atoms with E-state index in [9.17, 15) is 0 Å². The Kier molecular flexibility index (Phi) is 4.94. The second-order valence-electron chi connectivity index (χ2n) is 3.76. The number of anilines is 1. The number of nitrogens with zero attached hydrogens (tertiary/aromatic N) is 2. The van der Waals surface area contributed by atoms with E-state index in [0.717, 1.165) is 42.1 Å². The summed E-state index contributed by atoms with van der Waals surface area (Å²) < 4.78 is 5.36. The number of aromatic nitrogens is 2. The fourth-order valence-electron chi connectivity index (χ4n) is 1.65. The van der Waals surface area contributed by atoms with Crippen molar-refractivity contribution in [1.82, 2.24) is 9.97 Å². The van der Waals surface area contributed by atoms with Gasteiger partial charge in [0.2, 0.25) is 0 Å². The molecule has 1 aliphatic heterocycles. The summed E-state index contributed by atoms with van der Waals surface area (Å²) in [5.41, 5.74) is 0. The van der Waals surface area contributed by atoms with Gasteiger partial charge in [-0.25, -0.2) is 9.97 Å². The maximum absolute atomic E-state index is 5.36. The van der Waals surface area contributed by atoms with E-state index in [1.54, 1.807) is 11.8 Å². The molecule has 1 fully saturated rings. The largest absolute Gasteiger partial charge is 0.381 e. The molecule has 17 heavy (non-hydrogen) atoms. The van der Waals surface area contributed by atoms with Gasteiger partial charge in [0, 0.05) is 31.6 Å². The van der Waals surface area contributed by atoms with Crippen LogP contribution in [0.1, 0.15) is 12.8 Å². The predicted molar refractivity (Wildman–Crippen MR) is 73.1 cm³/mol. The van der Waals surface area contributed by atoms with Crippen LogP contribution in [0.25, 0.3) is 0 Å². The van der Waals surface area contributed by atoms with Gasteiger partial charge in [-0.2, -0.15) is 0 Å². The van der Waals surface area contributed by atoms with E-state index in [2.05, 4.69) is 15.3 Å².